The van der Waals surface area contributed by atoms with Crippen LogP contribution in [0, 0.1) is 5.92 Å². The van der Waals surface area contributed by atoms with Gasteiger partial charge in [-0.05, 0) is 49.3 Å². The molecule has 1 atom stereocenters. The summed E-state index contributed by atoms with van der Waals surface area (Å²) in [6.07, 6.45) is 5.31. The van der Waals surface area contributed by atoms with E-state index in [0.29, 0.717) is 0 Å². The smallest absolute Gasteiger partial charge is 0.193 e. The van der Waals surface area contributed by atoms with Crippen molar-refractivity contribution in [2.75, 3.05) is 33.2 Å². The Labute approximate surface area is 139 Å². The van der Waals surface area contributed by atoms with E-state index in [1.54, 1.807) is 0 Å². The first-order valence-corrected chi connectivity index (χ1v) is 9.10. The van der Waals surface area contributed by atoms with Gasteiger partial charge in [-0.25, -0.2) is 0 Å². The average molecular weight is 312 g/mol. The maximum absolute atomic E-state index is 4.53. The lowest BCUT2D eigenvalue weighted by molar-refractivity contribution is 0.312. The van der Waals surface area contributed by atoms with Gasteiger partial charge in [0.15, 0.2) is 5.96 Å². The zero-order valence-corrected chi connectivity index (χ0v) is 14.2. The summed E-state index contributed by atoms with van der Waals surface area (Å²) in [5.74, 6) is 1.86. The molecule has 124 valence electrons. The molecular weight excluding hydrogens is 284 g/mol. The number of nitrogens with one attached hydrogen (secondary N) is 1. The number of nitrogens with zero attached hydrogens (tertiary/aromatic N) is 3. The molecule has 0 spiro atoms. The molecule has 0 bridgehead atoms. The molecule has 4 heteroatoms. The van der Waals surface area contributed by atoms with Crippen molar-refractivity contribution in [3.8, 4) is 0 Å². The van der Waals surface area contributed by atoms with Crippen molar-refractivity contribution in [2.24, 2.45) is 10.9 Å². The highest BCUT2D eigenvalue weighted by Gasteiger charge is 2.34. The van der Waals surface area contributed by atoms with E-state index >= 15 is 0 Å². The third-order valence-corrected chi connectivity index (χ3v) is 5.57. The number of benzene rings is 1. The Morgan fingerprint density at radius 3 is 2.78 bits per heavy atom. The summed E-state index contributed by atoms with van der Waals surface area (Å²) >= 11 is 0. The van der Waals surface area contributed by atoms with Gasteiger partial charge < -0.3 is 15.1 Å². The minimum atomic E-state index is 0.782. The largest absolute Gasteiger partial charge is 0.356 e. The SMILES string of the molecule is CN=C(NCC1CCN(C2CC2)C1)N1CCc2ccccc2C1. The van der Waals surface area contributed by atoms with Crippen molar-refractivity contribution in [1.29, 1.82) is 0 Å². The summed E-state index contributed by atoms with van der Waals surface area (Å²) in [6, 6.07) is 9.71. The molecule has 2 aliphatic heterocycles. The van der Waals surface area contributed by atoms with Gasteiger partial charge >= 0.3 is 0 Å². The molecule has 1 unspecified atom stereocenters. The van der Waals surface area contributed by atoms with Gasteiger partial charge in [0, 0.05) is 39.3 Å². The average Bonchev–Trinajstić information content (AvgIpc) is 3.34. The zero-order chi connectivity index (χ0) is 15.6. The fourth-order valence-corrected chi connectivity index (χ4v) is 4.04. The maximum Gasteiger partial charge on any atom is 0.193 e. The molecule has 0 aromatic heterocycles. The molecule has 1 saturated heterocycles. The highest BCUT2D eigenvalue weighted by atomic mass is 15.3. The minimum Gasteiger partial charge on any atom is -0.356 e. The van der Waals surface area contributed by atoms with Gasteiger partial charge in [0.1, 0.15) is 0 Å². The minimum absolute atomic E-state index is 0.782. The van der Waals surface area contributed by atoms with Crippen molar-refractivity contribution >= 4 is 5.96 Å². The molecule has 0 amide bonds. The molecule has 1 saturated carbocycles. The van der Waals surface area contributed by atoms with Gasteiger partial charge in [0.05, 0.1) is 0 Å². The normalized spacial score (nSPS) is 25.5. The van der Waals surface area contributed by atoms with Crippen LogP contribution in [0.25, 0.3) is 0 Å². The van der Waals surface area contributed by atoms with Crippen LogP contribution in [-0.2, 0) is 13.0 Å². The van der Waals surface area contributed by atoms with Crippen LogP contribution in [0.15, 0.2) is 29.3 Å². The molecule has 4 nitrogen and oxygen atoms in total. The predicted octanol–water partition coefficient (Wildman–Crippen LogP) is 2.10. The van der Waals surface area contributed by atoms with Crippen LogP contribution in [0.3, 0.4) is 0 Å². The summed E-state index contributed by atoms with van der Waals surface area (Å²) in [7, 11) is 1.91. The van der Waals surface area contributed by atoms with E-state index in [2.05, 4.69) is 44.4 Å². The molecule has 3 aliphatic rings. The van der Waals surface area contributed by atoms with E-state index in [0.717, 1.165) is 44.0 Å². The lowest BCUT2D eigenvalue weighted by Gasteiger charge is -2.32. The maximum atomic E-state index is 4.53. The van der Waals surface area contributed by atoms with E-state index in [4.69, 9.17) is 0 Å². The molecule has 1 aliphatic carbocycles. The molecule has 0 radical (unpaired) electrons. The van der Waals surface area contributed by atoms with Gasteiger partial charge in [-0.2, -0.15) is 0 Å². The molecule has 1 aromatic rings. The second-order valence-electron chi connectivity index (χ2n) is 7.25. The first kappa shape index (κ1) is 15.0. The molecule has 1 N–H and O–H groups in total. The lowest BCUT2D eigenvalue weighted by atomic mass is 10.0. The van der Waals surface area contributed by atoms with E-state index in [-0.39, 0.29) is 0 Å². The van der Waals surface area contributed by atoms with Crippen LogP contribution in [-0.4, -0.2) is 55.0 Å². The number of rotatable bonds is 3. The number of likely N-dealkylation sites (tertiary alicyclic amines) is 1. The van der Waals surface area contributed by atoms with Gasteiger partial charge in [-0.15, -0.1) is 0 Å². The fraction of sp³-hybridized carbons (Fsp3) is 0.632. The molecule has 4 rings (SSSR count). The van der Waals surface area contributed by atoms with E-state index in [1.165, 1.54) is 43.5 Å². The Morgan fingerprint density at radius 2 is 2.00 bits per heavy atom. The first-order valence-electron chi connectivity index (χ1n) is 9.10. The summed E-state index contributed by atoms with van der Waals surface area (Å²) in [5, 5.41) is 3.64. The Hall–Kier alpha value is -1.55. The number of guanidine groups is 1. The van der Waals surface area contributed by atoms with Crippen molar-refractivity contribution in [3.63, 3.8) is 0 Å². The number of aliphatic imine (C=N–C) groups is 1. The molecule has 2 heterocycles. The summed E-state index contributed by atoms with van der Waals surface area (Å²) in [6.45, 7) is 5.68. The Morgan fingerprint density at radius 1 is 1.17 bits per heavy atom. The monoisotopic (exact) mass is 312 g/mol. The van der Waals surface area contributed by atoms with Gasteiger partial charge in [0.25, 0.3) is 0 Å². The lowest BCUT2D eigenvalue weighted by Crippen LogP contribution is -2.45. The van der Waals surface area contributed by atoms with Crippen LogP contribution in [0.4, 0.5) is 0 Å². The van der Waals surface area contributed by atoms with E-state index in [9.17, 15) is 0 Å². The van der Waals surface area contributed by atoms with Crippen molar-refractivity contribution in [2.45, 2.75) is 38.3 Å². The van der Waals surface area contributed by atoms with Gasteiger partial charge in [-0.1, -0.05) is 24.3 Å². The topological polar surface area (TPSA) is 30.9 Å². The van der Waals surface area contributed by atoms with Crippen LogP contribution >= 0.6 is 0 Å². The Balaban J connectivity index is 1.31. The van der Waals surface area contributed by atoms with Crippen molar-refractivity contribution < 1.29 is 0 Å². The van der Waals surface area contributed by atoms with Crippen molar-refractivity contribution in [1.82, 2.24) is 15.1 Å². The highest BCUT2D eigenvalue weighted by molar-refractivity contribution is 5.80. The summed E-state index contributed by atoms with van der Waals surface area (Å²) in [5.41, 5.74) is 2.94. The predicted molar refractivity (Wildman–Crippen MR) is 94.6 cm³/mol. The Kier molecular flexibility index (Phi) is 4.25. The molecular formula is C19H28N4. The third kappa shape index (κ3) is 3.37. The summed E-state index contributed by atoms with van der Waals surface area (Å²) < 4.78 is 0. The first-order chi connectivity index (χ1) is 11.3. The van der Waals surface area contributed by atoms with Gasteiger partial charge in [-0.3, -0.25) is 4.99 Å². The third-order valence-electron chi connectivity index (χ3n) is 5.57. The fourth-order valence-electron chi connectivity index (χ4n) is 4.04. The highest BCUT2D eigenvalue weighted by Crippen LogP contribution is 2.31. The number of fused-ring (bicyclic) bond motifs is 1. The number of hydrogen-bond donors (Lipinski definition) is 1. The quantitative estimate of drug-likeness (QED) is 0.685. The number of hydrogen-bond acceptors (Lipinski definition) is 2. The molecule has 1 aromatic carbocycles. The Bertz CT molecular complexity index is 578. The summed E-state index contributed by atoms with van der Waals surface area (Å²) in [4.78, 5) is 9.62. The van der Waals surface area contributed by atoms with Gasteiger partial charge in [0.2, 0.25) is 0 Å². The second-order valence-corrected chi connectivity index (χ2v) is 7.25. The van der Waals surface area contributed by atoms with Crippen molar-refractivity contribution in [3.05, 3.63) is 35.4 Å². The van der Waals surface area contributed by atoms with E-state index in [1.807, 2.05) is 7.05 Å². The van der Waals surface area contributed by atoms with Crippen LogP contribution in [0.1, 0.15) is 30.4 Å². The molecule has 2 fully saturated rings. The second kappa shape index (κ2) is 6.52. The van der Waals surface area contributed by atoms with Crippen LogP contribution in [0.2, 0.25) is 0 Å². The van der Waals surface area contributed by atoms with Crippen LogP contribution < -0.4 is 5.32 Å². The van der Waals surface area contributed by atoms with Crippen LogP contribution in [0.5, 0.6) is 0 Å². The standard InChI is InChI=1S/C19H28N4/c1-20-19(21-12-15-8-10-22(13-15)18-6-7-18)23-11-9-16-4-2-3-5-17(16)14-23/h2-5,15,18H,6-14H2,1H3,(H,20,21). The zero-order valence-electron chi connectivity index (χ0n) is 14.2. The molecule has 23 heavy (non-hydrogen) atoms. The van der Waals surface area contributed by atoms with E-state index < -0.39 is 0 Å².